The summed E-state index contributed by atoms with van der Waals surface area (Å²) in [5, 5.41) is 17.8. The summed E-state index contributed by atoms with van der Waals surface area (Å²) in [7, 11) is -2.91. The predicted molar refractivity (Wildman–Crippen MR) is 129 cm³/mol. The van der Waals surface area contributed by atoms with Gasteiger partial charge < -0.3 is 20.6 Å². The van der Waals surface area contributed by atoms with Crippen LogP contribution in [-0.2, 0) is 9.84 Å². The molecule has 1 aliphatic heterocycles. The van der Waals surface area contributed by atoms with Gasteiger partial charge in [-0.25, -0.2) is 13.4 Å². The number of aliphatic hydroxyl groups is 1. The summed E-state index contributed by atoms with van der Waals surface area (Å²) < 4.78 is 23.5. The van der Waals surface area contributed by atoms with Gasteiger partial charge in [0, 0.05) is 36.7 Å². The van der Waals surface area contributed by atoms with E-state index in [9.17, 15) is 13.5 Å². The molecular formula is C24H31N5O3S. The third-order valence-corrected chi connectivity index (χ3v) is 9.63. The molecule has 176 valence electrons. The van der Waals surface area contributed by atoms with E-state index in [1.54, 1.807) is 6.20 Å². The number of benzene rings is 1. The summed E-state index contributed by atoms with van der Waals surface area (Å²) in [6, 6.07) is 10.2. The highest BCUT2D eigenvalue weighted by Gasteiger charge is 2.54. The van der Waals surface area contributed by atoms with Gasteiger partial charge >= 0.3 is 0 Å². The zero-order chi connectivity index (χ0) is 22.6. The van der Waals surface area contributed by atoms with Crippen LogP contribution in [0.1, 0.15) is 32.1 Å². The molecule has 9 heteroatoms. The quantitative estimate of drug-likeness (QED) is 0.614. The van der Waals surface area contributed by atoms with E-state index >= 15 is 0 Å². The van der Waals surface area contributed by atoms with E-state index in [4.69, 9.17) is 4.98 Å². The smallest absolute Gasteiger partial charge is 0.229 e. The van der Waals surface area contributed by atoms with Crippen molar-refractivity contribution in [2.75, 3.05) is 40.1 Å². The van der Waals surface area contributed by atoms with Crippen LogP contribution in [0.25, 0.3) is 0 Å². The molecular weight excluding hydrogens is 438 g/mol. The molecule has 5 fully saturated rings. The fraction of sp³-hybridized carbons (Fsp3) is 0.583. The lowest BCUT2D eigenvalue weighted by Gasteiger charge is -2.58. The molecule has 8 nitrogen and oxygen atoms in total. The Morgan fingerprint density at radius 3 is 2.55 bits per heavy atom. The van der Waals surface area contributed by atoms with Gasteiger partial charge in [-0.05, 0) is 74.1 Å². The number of nitrogens with zero attached hydrogens (tertiary/aromatic N) is 3. The van der Waals surface area contributed by atoms with E-state index in [0.29, 0.717) is 42.8 Å². The second-order valence-electron chi connectivity index (χ2n) is 10.4. The lowest BCUT2D eigenvalue weighted by atomic mass is 9.52. The Balaban J connectivity index is 1.14. The molecule has 2 heterocycles. The van der Waals surface area contributed by atoms with Gasteiger partial charge in [0.1, 0.15) is 5.82 Å². The average Bonchev–Trinajstić information content (AvgIpc) is 2.76. The molecule has 0 spiro atoms. The number of anilines is 4. The molecule has 0 radical (unpaired) electrons. The summed E-state index contributed by atoms with van der Waals surface area (Å²) in [4.78, 5) is 11.2. The summed E-state index contributed by atoms with van der Waals surface area (Å²) in [5.41, 5.74) is 1.43. The first-order valence-electron chi connectivity index (χ1n) is 12.0. The maximum atomic E-state index is 11.7. The molecule has 4 bridgehead atoms. The second-order valence-corrected chi connectivity index (χ2v) is 12.7. The molecule has 1 aromatic carbocycles. The van der Waals surface area contributed by atoms with Crippen molar-refractivity contribution in [2.24, 2.45) is 17.8 Å². The van der Waals surface area contributed by atoms with Gasteiger partial charge in [-0.15, -0.1) is 0 Å². The minimum atomic E-state index is -2.91. The lowest BCUT2D eigenvalue weighted by Crippen LogP contribution is -2.59. The van der Waals surface area contributed by atoms with Crippen molar-refractivity contribution in [1.29, 1.82) is 0 Å². The average molecular weight is 470 g/mol. The Kier molecular flexibility index (Phi) is 5.03. The molecule has 4 saturated carbocycles. The van der Waals surface area contributed by atoms with E-state index in [1.165, 1.54) is 12.8 Å². The van der Waals surface area contributed by atoms with E-state index in [-0.39, 0.29) is 11.5 Å². The van der Waals surface area contributed by atoms with Crippen LogP contribution < -0.4 is 15.5 Å². The summed E-state index contributed by atoms with van der Waals surface area (Å²) >= 11 is 0. The van der Waals surface area contributed by atoms with Crippen LogP contribution in [-0.4, -0.2) is 59.7 Å². The lowest BCUT2D eigenvalue weighted by molar-refractivity contribution is -0.129. The van der Waals surface area contributed by atoms with Crippen molar-refractivity contribution in [3.05, 3.63) is 36.5 Å². The summed E-state index contributed by atoms with van der Waals surface area (Å²) in [6.07, 6.45) is 6.96. The molecule has 33 heavy (non-hydrogen) atoms. The second kappa shape index (κ2) is 7.84. The van der Waals surface area contributed by atoms with Crippen molar-refractivity contribution in [1.82, 2.24) is 9.97 Å². The number of rotatable bonds is 5. The van der Waals surface area contributed by atoms with Gasteiger partial charge in [0.25, 0.3) is 0 Å². The van der Waals surface area contributed by atoms with Crippen molar-refractivity contribution in [3.63, 3.8) is 0 Å². The number of sulfone groups is 1. The Morgan fingerprint density at radius 1 is 1.06 bits per heavy atom. The number of hydrogen-bond donors (Lipinski definition) is 3. The summed E-state index contributed by atoms with van der Waals surface area (Å²) in [6.45, 7) is 1.03. The first kappa shape index (κ1) is 21.2. The Hall–Kier alpha value is -2.39. The van der Waals surface area contributed by atoms with Gasteiger partial charge in [-0.1, -0.05) is 6.07 Å². The van der Waals surface area contributed by atoms with Crippen molar-refractivity contribution in [3.8, 4) is 0 Å². The predicted octanol–water partition coefficient (Wildman–Crippen LogP) is 2.81. The number of nitrogens with one attached hydrogen (secondary N) is 2. The van der Waals surface area contributed by atoms with Gasteiger partial charge in [-0.2, -0.15) is 4.98 Å². The van der Waals surface area contributed by atoms with Crippen LogP contribution in [0.5, 0.6) is 0 Å². The maximum absolute atomic E-state index is 11.7. The fourth-order valence-electron chi connectivity index (χ4n) is 6.77. The molecule has 5 aliphatic rings. The summed E-state index contributed by atoms with van der Waals surface area (Å²) in [5.74, 6) is 3.44. The zero-order valence-corrected chi connectivity index (χ0v) is 19.5. The highest BCUT2D eigenvalue weighted by Crippen LogP contribution is 2.56. The standard InChI is InChI=1S/C24H31N5O3S/c30-24-13-16-10-17(14-24)22(18(11-16)15-24)27-21-4-5-25-23(28-21)26-19-2-1-3-20(12-19)29-6-8-33(31,32)9-7-29/h1-5,12,16-18,22,30H,6-11,13-15H2,(H2,25,26,27,28). The largest absolute Gasteiger partial charge is 0.390 e. The van der Waals surface area contributed by atoms with Gasteiger partial charge in [-0.3, -0.25) is 0 Å². The monoisotopic (exact) mass is 469 g/mol. The normalized spacial score (nSPS) is 34.3. The Labute approximate surface area is 194 Å². The number of aromatic nitrogens is 2. The molecule has 4 aliphatic carbocycles. The Morgan fingerprint density at radius 2 is 1.82 bits per heavy atom. The minimum Gasteiger partial charge on any atom is -0.390 e. The molecule has 2 aromatic rings. The van der Waals surface area contributed by atoms with E-state index in [0.717, 1.165) is 36.5 Å². The van der Waals surface area contributed by atoms with Crippen LogP contribution in [0.3, 0.4) is 0 Å². The van der Waals surface area contributed by atoms with Crippen molar-refractivity contribution < 1.29 is 13.5 Å². The zero-order valence-electron chi connectivity index (χ0n) is 18.7. The van der Waals surface area contributed by atoms with Gasteiger partial charge in [0.2, 0.25) is 5.95 Å². The third-order valence-electron chi connectivity index (χ3n) is 8.02. The highest BCUT2D eigenvalue weighted by atomic mass is 32.2. The topological polar surface area (TPSA) is 107 Å². The van der Waals surface area contributed by atoms with Crippen LogP contribution in [0.2, 0.25) is 0 Å². The third kappa shape index (κ3) is 4.28. The Bertz CT molecular complexity index is 1130. The molecule has 0 amide bonds. The SMILES string of the molecule is O=S1(=O)CCN(c2cccc(Nc3nccc(NC4C5CC6CC4CC(O)(C6)C5)n3)c2)CC1. The van der Waals surface area contributed by atoms with Crippen LogP contribution in [0, 0.1) is 17.8 Å². The number of hydrogen-bond acceptors (Lipinski definition) is 8. The highest BCUT2D eigenvalue weighted by molar-refractivity contribution is 7.91. The first-order chi connectivity index (χ1) is 15.8. The first-order valence-corrected chi connectivity index (χ1v) is 13.8. The van der Waals surface area contributed by atoms with Crippen LogP contribution >= 0.6 is 0 Å². The molecule has 7 rings (SSSR count). The van der Waals surface area contributed by atoms with E-state index < -0.39 is 15.4 Å². The molecule has 1 saturated heterocycles. The molecule has 2 unspecified atom stereocenters. The van der Waals surface area contributed by atoms with Crippen molar-refractivity contribution >= 4 is 33.0 Å². The fourth-order valence-corrected chi connectivity index (χ4v) is 7.97. The van der Waals surface area contributed by atoms with Crippen LogP contribution in [0.15, 0.2) is 36.5 Å². The van der Waals surface area contributed by atoms with E-state index in [1.807, 2.05) is 30.3 Å². The molecule has 1 aromatic heterocycles. The maximum Gasteiger partial charge on any atom is 0.229 e. The van der Waals surface area contributed by atoms with Crippen molar-refractivity contribution in [2.45, 2.75) is 43.7 Å². The van der Waals surface area contributed by atoms with E-state index in [2.05, 4.69) is 20.5 Å². The van der Waals surface area contributed by atoms with Gasteiger partial charge in [0.15, 0.2) is 9.84 Å². The van der Waals surface area contributed by atoms with Gasteiger partial charge in [0.05, 0.1) is 17.1 Å². The molecule has 2 atom stereocenters. The minimum absolute atomic E-state index is 0.197. The van der Waals surface area contributed by atoms with Crippen LogP contribution in [0.4, 0.5) is 23.1 Å². The molecule has 3 N–H and O–H groups in total.